The number of fused-ring (bicyclic) bond motifs is 2. The first-order valence-corrected chi connectivity index (χ1v) is 6.95. The molecule has 0 aromatic heterocycles. The summed E-state index contributed by atoms with van der Waals surface area (Å²) in [5.74, 6) is 4.65. The van der Waals surface area contributed by atoms with Crippen LogP contribution in [0.25, 0.3) is 0 Å². The summed E-state index contributed by atoms with van der Waals surface area (Å²) in [7, 11) is 0. The topological polar surface area (TPSA) is 0 Å². The predicted molar refractivity (Wildman–Crippen MR) is 60.1 cm³/mol. The van der Waals surface area contributed by atoms with Gasteiger partial charge in [-0.25, -0.2) is 0 Å². The Morgan fingerprint density at radius 3 is 1.29 bits per heavy atom. The fourth-order valence-corrected chi connectivity index (χ4v) is 4.71. The zero-order chi connectivity index (χ0) is 9.38. The van der Waals surface area contributed by atoms with Crippen LogP contribution in [0.2, 0.25) is 0 Å². The van der Waals surface area contributed by atoms with Gasteiger partial charge in [-0.3, -0.25) is 0 Å². The molecule has 4 fully saturated rings. The van der Waals surface area contributed by atoms with Crippen molar-refractivity contribution in [2.75, 3.05) is 0 Å². The lowest BCUT2D eigenvalue weighted by Gasteiger charge is -2.50. The van der Waals surface area contributed by atoms with E-state index in [0.29, 0.717) is 0 Å². The van der Waals surface area contributed by atoms with Gasteiger partial charge in [0.25, 0.3) is 0 Å². The molecule has 0 aromatic rings. The van der Waals surface area contributed by atoms with Gasteiger partial charge in [-0.05, 0) is 62.2 Å². The highest BCUT2D eigenvalue weighted by Crippen LogP contribution is 2.52. The summed E-state index contributed by atoms with van der Waals surface area (Å²) in [6, 6.07) is 0. The standard InChI is InChI=1S/C14H24/c1-2-4-6-14-12-9-7-11(8-10-12)13(14)5-3-1/h11-14H,1-10H2. The lowest BCUT2D eigenvalue weighted by molar-refractivity contribution is 0.00666. The van der Waals surface area contributed by atoms with Gasteiger partial charge in [0.2, 0.25) is 0 Å². The van der Waals surface area contributed by atoms with Gasteiger partial charge in [0, 0.05) is 0 Å². The molecular formula is C14H24. The van der Waals surface area contributed by atoms with Crippen LogP contribution in [0.1, 0.15) is 64.2 Å². The predicted octanol–water partition coefficient (Wildman–Crippen LogP) is 4.39. The molecule has 2 atom stereocenters. The largest absolute Gasteiger partial charge is 0.0533 e. The molecule has 4 saturated carbocycles. The molecule has 14 heavy (non-hydrogen) atoms. The first-order valence-electron chi connectivity index (χ1n) is 6.95. The van der Waals surface area contributed by atoms with Crippen LogP contribution in [-0.2, 0) is 0 Å². The minimum absolute atomic E-state index is 1.16. The maximum atomic E-state index is 1.59. The van der Waals surface area contributed by atoms with E-state index in [9.17, 15) is 0 Å². The molecule has 0 nitrogen and oxygen atoms in total. The molecule has 0 heteroatoms. The molecule has 2 unspecified atom stereocenters. The van der Waals surface area contributed by atoms with Crippen molar-refractivity contribution in [3.05, 3.63) is 0 Å². The summed E-state index contributed by atoms with van der Waals surface area (Å²) >= 11 is 0. The second kappa shape index (κ2) is 3.87. The van der Waals surface area contributed by atoms with Crippen LogP contribution in [0.5, 0.6) is 0 Å². The summed E-state index contributed by atoms with van der Waals surface area (Å²) in [5, 5.41) is 0. The van der Waals surface area contributed by atoms with E-state index in [0.717, 1.165) is 11.8 Å². The molecule has 0 spiro atoms. The maximum absolute atomic E-state index is 1.59. The van der Waals surface area contributed by atoms with Gasteiger partial charge < -0.3 is 0 Å². The number of rotatable bonds is 0. The fourth-order valence-electron chi connectivity index (χ4n) is 4.71. The highest BCUT2D eigenvalue weighted by molar-refractivity contribution is 4.92. The van der Waals surface area contributed by atoms with Crippen molar-refractivity contribution in [1.29, 1.82) is 0 Å². The Labute approximate surface area is 88.5 Å². The van der Waals surface area contributed by atoms with Crippen molar-refractivity contribution in [2.24, 2.45) is 23.7 Å². The molecule has 2 bridgehead atoms. The SMILES string of the molecule is C1CCCC2C3CCC(CC3)C2CC1. The molecule has 4 aliphatic carbocycles. The van der Waals surface area contributed by atoms with Crippen LogP contribution >= 0.6 is 0 Å². The third kappa shape index (κ3) is 1.51. The van der Waals surface area contributed by atoms with E-state index >= 15 is 0 Å². The zero-order valence-corrected chi connectivity index (χ0v) is 9.38. The Balaban J connectivity index is 1.76. The smallest absolute Gasteiger partial charge is 0.0355 e. The van der Waals surface area contributed by atoms with Gasteiger partial charge in [-0.2, -0.15) is 0 Å². The highest BCUT2D eigenvalue weighted by Gasteiger charge is 2.42. The van der Waals surface area contributed by atoms with E-state index in [2.05, 4.69) is 0 Å². The first-order chi connectivity index (χ1) is 6.95. The van der Waals surface area contributed by atoms with Crippen molar-refractivity contribution in [3.8, 4) is 0 Å². The third-order valence-electron chi connectivity index (χ3n) is 5.40. The molecule has 0 saturated heterocycles. The van der Waals surface area contributed by atoms with Crippen molar-refractivity contribution in [3.63, 3.8) is 0 Å². The quantitative estimate of drug-likeness (QED) is 0.534. The number of hydrogen-bond donors (Lipinski definition) is 0. The summed E-state index contributed by atoms with van der Waals surface area (Å²) < 4.78 is 0. The Morgan fingerprint density at radius 1 is 0.429 bits per heavy atom. The Hall–Kier alpha value is 0. The molecule has 0 radical (unpaired) electrons. The molecule has 0 heterocycles. The van der Waals surface area contributed by atoms with E-state index < -0.39 is 0 Å². The van der Waals surface area contributed by atoms with Crippen LogP contribution in [-0.4, -0.2) is 0 Å². The lowest BCUT2D eigenvalue weighted by atomic mass is 9.56. The van der Waals surface area contributed by atoms with Crippen molar-refractivity contribution < 1.29 is 0 Å². The minimum Gasteiger partial charge on any atom is -0.0533 e. The minimum atomic E-state index is 1.16. The molecule has 0 N–H and O–H groups in total. The van der Waals surface area contributed by atoms with E-state index in [1.807, 2.05) is 0 Å². The van der Waals surface area contributed by atoms with E-state index in [1.165, 1.54) is 24.7 Å². The molecule has 4 aliphatic rings. The maximum Gasteiger partial charge on any atom is -0.0355 e. The Morgan fingerprint density at radius 2 is 0.857 bits per heavy atom. The lowest BCUT2D eigenvalue weighted by Crippen LogP contribution is -2.40. The molecule has 0 aromatic carbocycles. The van der Waals surface area contributed by atoms with Gasteiger partial charge in [0.1, 0.15) is 0 Å². The van der Waals surface area contributed by atoms with Crippen LogP contribution in [0.4, 0.5) is 0 Å². The van der Waals surface area contributed by atoms with Crippen molar-refractivity contribution in [2.45, 2.75) is 64.2 Å². The summed E-state index contributed by atoms with van der Waals surface area (Å²) in [4.78, 5) is 0. The van der Waals surface area contributed by atoms with Crippen LogP contribution in [0.15, 0.2) is 0 Å². The third-order valence-corrected chi connectivity index (χ3v) is 5.40. The molecular weight excluding hydrogens is 168 g/mol. The zero-order valence-electron chi connectivity index (χ0n) is 9.38. The van der Waals surface area contributed by atoms with Gasteiger partial charge in [-0.15, -0.1) is 0 Å². The molecule has 0 amide bonds. The van der Waals surface area contributed by atoms with E-state index in [-0.39, 0.29) is 0 Å². The Kier molecular flexibility index (Phi) is 2.55. The molecule has 0 aliphatic heterocycles. The summed E-state index contributed by atoms with van der Waals surface area (Å²) in [5.41, 5.74) is 0. The van der Waals surface area contributed by atoms with Gasteiger partial charge in [0.15, 0.2) is 0 Å². The average molecular weight is 192 g/mol. The average Bonchev–Trinajstić information content (AvgIpc) is 2.18. The van der Waals surface area contributed by atoms with Crippen molar-refractivity contribution >= 4 is 0 Å². The van der Waals surface area contributed by atoms with Crippen LogP contribution in [0, 0.1) is 23.7 Å². The van der Waals surface area contributed by atoms with Crippen molar-refractivity contribution in [1.82, 2.24) is 0 Å². The second-order valence-electron chi connectivity index (χ2n) is 5.99. The fraction of sp³-hybridized carbons (Fsp3) is 1.00. The van der Waals surface area contributed by atoms with Crippen LogP contribution < -0.4 is 0 Å². The summed E-state index contributed by atoms with van der Waals surface area (Å²) in [6.45, 7) is 0. The highest BCUT2D eigenvalue weighted by atomic mass is 14.5. The second-order valence-corrected chi connectivity index (χ2v) is 5.99. The molecule has 80 valence electrons. The summed E-state index contributed by atoms with van der Waals surface area (Å²) in [6.07, 6.45) is 15.7. The van der Waals surface area contributed by atoms with E-state index in [4.69, 9.17) is 0 Å². The van der Waals surface area contributed by atoms with Crippen LogP contribution in [0.3, 0.4) is 0 Å². The first kappa shape index (κ1) is 9.24. The van der Waals surface area contributed by atoms with Gasteiger partial charge in [0.05, 0.1) is 0 Å². The molecule has 4 rings (SSSR count). The van der Waals surface area contributed by atoms with Gasteiger partial charge in [-0.1, -0.05) is 25.7 Å². The number of hydrogen-bond acceptors (Lipinski definition) is 0. The Bertz CT molecular complexity index is 166. The van der Waals surface area contributed by atoms with E-state index in [1.54, 1.807) is 51.4 Å². The monoisotopic (exact) mass is 192 g/mol. The van der Waals surface area contributed by atoms with Gasteiger partial charge >= 0.3 is 0 Å². The normalized spacial score (nSPS) is 48.0.